The summed E-state index contributed by atoms with van der Waals surface area (Å²) in [7, 11) is 1.89. The van der Waals surface area contributed by atoms with Gasteiger partial charge in [0, 0.05) is 32.7 Å². The molecular formula is C18H22F2N6. The van der Waals surface area contributed by atoms with Gasteiger partial charge in [-0.2, -0.15) is 0 Å². The van der Waals surface area contributed by atoms with Gasteiger partial charge in [-0.25, -0.2) is 13.8 Å². The Balaban J connectivity index is 1.82. The van der Waals surface area contributed by atoms with E-state index in [4.69, 9.17) is 0 Å². The number of aryl methyl sites for hydroxylation is 1. The zero-order valence-corrected chi connectivity index (χ0v) is 15.0. The Morgan fingerprint density at radius 2 is 2.19 bits per heavy atom. The van der Waals surface area contributed by atoms with Gasteiger partial charge in [0.05, 0.1) is 0 Å². The normalized spacial score (nSPS) is 14.3. The Morgan fingerprint density at radius 3 is 2.88 bits per heavy atom. The van der Waals surface area contributed by atoms with E-state index >= 15 is 0 Å². The number of fused-ring (bicyclic) bond motifs is 1. The zero-order valence-electron chi connectivity index (χ0n) is 15.0. The first-order chi connectivity index (χ1) is 12.5. The molecule has 1 aromatic heterocycles. The lowest BCUT2D eigenvalue weighted by Gasteiger charge is -2.32. The predicted octanol–water partition coefficient (Wildman–Crippen LogP) is 2.09. The molecule has 0 bridgehead atoms. The molecule has 0 saturated heterocycles. The minimum atomic E-state index is -0.560. The van der Waals surface area contributed by atoms with Crippen molar-refractivity contribution in [3.8, 4) is 0 Å². The van der Waals surface area contributed by atoms with E-state index in [2.05, 4.69) is 27.1 Å². The number of aliphatic imine (C=N–C) groups is 1. The molecule has 6 nitrogen and oxygen atoms in total. The number of halogens is 2. The van der Waals surface area contributed by atoms with Crippen molar-refractivity contribution < 1.29 is 8.78 Å². The van der Waals surface area contributed by atoms with Gasteiger partial charge in [0.1, 0.15) is 24.0 Å². The van der Waals surface area contributed by atoms with Crippen LogP contribution in [0, 0.1) is 18.6 Å². The molecule has 0 amide bonds. The Hall–Kier alpha value is -2.77. The maximum Gasteiger partial charge on any atom is 0.194 e. The minimum Gasteiger partial charge on any atom is -0.353 e. The third-order valence-electron chi connectivity index (χ3n) is 4.50. The van der Waals surface area contributed by atoms with Crippen LogP contribution in [0.25, 0.3) is 0 Å². The number of hydrogen-bond acceptors (Lipinski definition) is 3. The fourth-order valence-corrected chi connectivity index (χ4v) is 2.96. The number of nitrogens with zero attached hydrogens (tertiary/aromatic N) is 5. The van der Waals surface area contributed by atoms with Crippen molar-refractivity contribution in [3.63, 3.8) is 0 Å². The van der Waals surface area contributed by atoms with Crippen molar-refractivity contribution in [1.29, 1.82) is 0 Å². The summed E-state index contributed by atoms with van der Waals surface area (Å²) in [5.41, 5.74) is 1.23. The Kier molecular flexibility index (Phi) is 5.29. The number of benzene rings is 1. The van der Waals surface area contributed by atoms with Crippen LogP contribution in [0.3, 0.4) is 0 Å². The van der Waals surface area contributed by atoms with E-state index in [0.717, 1.165) is 17.7 Å². The Bertz CT molecular complexity index is 842. The van der Waals surface area contributed by atoms with Crippen LogP contribution in [-0.4, -0.2) is 38.7 Å². The fraction of sp³-hybridized carbons (Fsp3) is 0.389. The average Bonchev–Trinajstić information content (AvgIpc) is 2.93. The zero-order chi connectivity index (χ0) is 18.7. The van der Waals surface area contributed by atoms with Crippen molar-refractivity contribution in [2.75, 3.05) is 13.1 Å². The van der Waals surface area contributed by atoms with Crippen molar-refractivity contribution in [3.05, 3.63) is 59.2 Å². The number of hydrogen-bond donors (Lipinski definition) is 1. The molecule has 0 spiro atoms. The Morgan fingerprint density at radius 1 is 1.38 bits per heavy atom. The van der Waals surface area contributed by atoms with Gasteiger partial charge in [-0.3, -0.25) is 0 Å². The van der Waals surface area contributed by atoms with Crippen LogP contribution in [-0.2, 0) is 26.6 Å². The van der Waals surface area contributed by atoms with E-state index in [9.17, 15) is 8.78 Å². The van der Waals surface area contributed by atoms with E-state index < -0.39 is 11.6 Å². The smallest absolute Gasteiger partial charge is 0.194 e. The van der Waals surface area contributed by atoms with Crippen LogP contribution < -0.4 is 5.32 Å². The second-order valence-electron chi connectivity index (χ2n) is 6.23. The highest BCUT2D eigenvalue weighted by atomic mass is 19.1. The molecule has 0 saturated carbocycles. The summed E-state index contributed by atoms with van der Waals surface area (Å²) in [5.74, 6) is 1.17. The number of rotatable bonds is 4. The van der Waals surface area contributed by atoms with Gasteiger partial charge in [-0.05, 0) is 30.5 Å². The molecule has 0 fully saturated rings. The summed E-state index contributed by atoms with van der Waals surface area (Å²) < 4.78 is 29.4. The predicted molar refractivity (Wildman–Crippen MR) is 95.6 cm³/mol. The SMILES string of the molecule is C=CCNC(=NCc1nnc(C)n1C)N1CCc2c(F)cc(F)cc2C1. The highest BCUT2D eigenvalue weighted by Crippen LogP contribution is 2.23. The second-order valence-corrected chi connectivity index (χ2v) is 6.23. The summed E-state index contributed by atoms with van der Waals surface area (Å²) in [6.07, 6.45) is 2.23. The fourth-order valence-electron chi connectivity index (χ4n) is 2.96. The summed E-state index contributed by atoms with van der Waals surface area (Å²) in [6.45, 7) is 7.47. The molecule has 2 aromatic rings. The molecule has 0 aliphatic carbocycles. The standard InChI is InChI=1S/C18H22F2N6/c1-4-6-21-18(22-10-17-24-23-12(2)25(17)3)26-7-5-15-13(11-26)8-14(19)9-16(15)20/h4,8-9H,1,5-7,10-11H2,2-3H3,(H,21,22). The van der Waals surface area contributed by atoms with Crippen LogP contribution in [0.2, 0.25) is 0 Å². The van der Waals surface area contributed by atoms with Crippen LogP contribution >= 0.6 is 0 Å². The summed E-state index contributed by atoms with van der Waals surface area (Å²) in [6, 6.07) is 2.33. The number of guanidine groups is 1. The summed E-state index contributed by atoms with van der Waals surface area (Å²) in [4.78, 5) is 6.60. The molecule has 0 atom stereocenters. The van der Waals surface area contributed by atoms with Gasteiger partial charge in [0.15, 0.2) is 11.8 Å². The van der Waals surface area contributed by atoms with Crippen molar-refractivity contribution >= 4 is 5.96 Å². The first-order valence-electron chi connectivity index (χ1n) is 8.45. The highest BCUT2D eigenvalue weighted by Gasteiger charge is 2.22. The molecule has 1 aliphatic rings. The van der Waals surface area contributed by atoms with Crippen molar-refractivity contribution in [1.82, 2.24) is 25.0 Å². The molecule has 3 rings (SSSR count). The molecule has 1 aliphatic heterocycles. The average molecular weight is 360 g/mol. The highest BCUT2D eigenvalue weighted by molar-refractivity contribution is 5.80. The summed E-state index contributed by atoms with van der Waals surface area (Å²) >= 11 is 0. The molecular weight excluding hydrogens is 338 g/mol. The maximum atomic E-state index is 13.9. The largest absolute Gasteiger partial charge is 0.353 e. The third kappa shape index (κ3) is 3.74. The van der Waals surface area contributed by atoms with E-state index in [1.54, 1.807) is 6.08 Å². The van der Waals surface area contributed by atoms with Gasteiger partial charge >= 0.3 is 0 Å². The molecule has 26 heavy (non-hydrogen) atoms. The number of nitrogens with one attached hydrogen (secondary N) is 1. The second kappa shape index (κ2) is 7.63. The molecule has 2 heterocycles. The van der Waals surface area contributed by atoms with Crippen molar-refractivity contribution in [2.24, 2.45) is 12.0 Å². The molecule has 0 radical (unpaired) electrons. The maximum absolute atomic E-state index is 13.9. The van der Waals surface area contributed by atoms with Gasteiger partial charge in [0.2, 0.25) is 0 Å². The Labute approximate surface area is 151 Å². The van der Waals surface area contributed by atoms with Crippen LogP contribution in [0.5, 0.6) is 0 Å². The molecule has 8 heteroatoms. The molecule has 1 aromatic carbocycles. The number of aromatic nitrogens is 3. The van der Waals surface area contributed by atoms with Crippen LogP contribution in [0.4, 0.5) is 8.78 Å². The van der Waals surface area contributed by atoms with Gasteiger partial charge in [-0.15, -0.1) is 16.8 Å². The quantitative estimate of drug-likeness (QED) is 0.515. The molecule has 0 unspecified atom stereocenters. The van der Waals surface area contributed by atoms with E-state index in [1.165, 1.54) is 6.07 Å². The minimum absolute atomic E-state index is 0.359. The lowest BCUT2D eigenvalue weighted by molar-refractivity contribution is 0.370. The van der Waals surface area contributed by atoms with E-state index in [1.807, 2.05) is 23.4 Å². The van der Waals surface area contributed by atoms with Crippen molar-refractivity contribution in [2.45, 2.75) is 26.4 Å². The monoisotopic (exact) mass is 360 g/mol. The molecule has 138 valence electrons. The lowest BCUT2D eigenvalue weighted by Crippen LogP contribution is -2.44. The van der Waals surface area contributed by atoms with Gasteiger partial charge in [0.25, 0.3) is 0 Å². The van der Waals surface area contributed by atoms with E-state index in [0.29, 0.717) is 49.7 Å². The first-order valence-corrected chi connectivity index (χ1v) is 8.45. The van der Waals surface area contributed by atoms with Crippen LogP contribution in [0.1, 0.15) is 22.8 Å². The van der Waals surface area contributed by atoms with E-state index in [-0.39, 0.29) is 0 Å². The lowest BCUT2D eigenvalue weighted by atomic mass is 9.99. The van der Waals surface area contributed by atoms with Crippen LogP contribution in [0.15, 0.2) is 29.8 Å². The first kappa shape index (κ1) is 18.0. The third-order valence-corrected chi connectivity index (χ3v) is 4.50. The van der Waals surface area contributed by atoms with Gasteiger partial charge in [-0.1, -0.05) is 6.08 Å². The van der Waals surface area contributed by atoms with Gasteiger partial charge < -0.3 is 14.8 Å². The topological polar surface area (TPSA) is 58.3 Å². The molecule has 1 N–H and O–H groups in total. The summed E-state index contributed by atoms with van der Waals surface area (Å²) in [5, 5.41) is 11.3.